The Labute approximate surface area is 160 Å². The molecule has 6 nitrogen and oxygen atoms in total. The second-order valence-electron chi connectivity index (χ2n) is 5.90. The number of benzene rings is 2. The molecule has 141 valence electrons. The second kappa shape index (κ2) is 10.9. The number of rotatable bonds is 10. The number of carbonyl (C=O) groups excluding carboxylic acids is 2. The number of amides is 2. The SMILES string of the molecule is CCCNC(=O)c1cccc(O[B]Oc2cccc(C(=O)NCCC)c2)c1. The van der Waals surface area contributed by atoms with Gasteiger partial charge in [0, 0.05) is 24.2 Å². The Morgan fingerprint density at radius 3 is 1.67 bits per heavy atom. The van der Waals surface area contributed by atoms with Gasteiger partial charge in [0.05, 0.1) is 0 Å². The largest absolute Gasteiger partial charge is 0.658 e. The van der Waals surface area contributed by atoms with E-state index in [4.69, 9.17) is 9.31 Å². The van der Waals surface area contributed by atoms with E-state index in [0.29, 0.717) is 35.7 Å². The van der Waals surface area contributed by atoms with Crippen LogP contribution in [0.1, 0.15) is 47.4 Å². The minimum absolute atomic E-state index is 0.144. The summed E-state index contributed by atoms with van der Waals surface area (Å²) >= 11 is 0. The monoisotopic (exact) mass is 367 g/mol. The Kier molecular flexibility index (Phi) is 8.22. The lowest BCUT2D eigenvalue weighted by Crippen LogP contribution is -2.24. The Bertz CT molecular complexity index is 704. The van der Waals surface area contributed by atoms with E-state index in [0.717, 1.165) is 12.8 Å². The molecule has 2 aromatic rings. The van der Waals surface area contributed by atoms with E-state index in [9.17, 15) is 9.59 Å². The Hall–Kier alpha value is -2.96. The van der Waals surface area contributed by atoms with Crippen LogP contribution in [0.25, 0.3) is 0 Å². The third-order valence-corrected chi connectivity index (χ3v) is 3.63. The van der Waals surface area contributed by atoms with Crippen molar-refractivity contribution >= 4 is 19.5 Å². The smallest absolute Gasteiger partial charge is 0.526 e. The molecule has 0 unspecified atom stereocenters. The summed E-state index contributed by atoms with van der Waals surface area (Å²) in [6.45, 7) is 5.24. The molecule has 27 heavy (non-hydrogen) atoms. The van der Waals surface area contributed by atoms with Crippen LogP contribution >= 0.6 is 0 Å². The molecule has 0 saturated carbocycles. The van der Waals surface area contributed by atoms with E-state index in [-0.39, 0.29) is 11.8 Å². The van der Waals surface area contributed by atoms with Crippen molar-refractivity contribution in [2.24, 2.45) is 0 Å². The highest BCUT2D eigenvalue weighted by molar-refractivity contribution is 6.20. The van der Waals surface area contributed by atoms with Crippen molar-refractivity contribution in [1.29, 1.82) is 0 Å². The first-order valence-electron chi connectivity index (χ1n) is 9.05. The molecule has 1 radical (unpaired) electrons. The fourth-order valence-corrected chi connectivity index (χ4v) is 2.24. The molecule has 0 spiro atoms. The maximum Gasteiger partial charge on any atom is 0.658 e. The first kappa shape index (κ1) is 20.4. The predicted molar refractivity (Wildman–Crippen MR) is 105 cm³/mol. The standard InChI is InChI=1S/C20H24BN2O4/c1-3-11-22-19(24)15-7-5-9-17(13-15)26-21-27-18-10-6-8-16(14-18)20(25)23-12-4-2/h5-10,13-14H,3-4,11-12H2,1-2H3,(H,22,24)(H,23,25). The minimum atomic E-state index is -0.144. The molecular weight excluding hydrogens is 343 g/mol. The van der Waals surface area contributed by atoms with Gasteiger partial charge in [-0.05, 0) is 49.2 Å². The molecule has 0 fully saturated rings. The zero-order valence-corrected chi connectivity index (χ0v) is 15.7. The van der Waals surface area contributed by atoms with Gasteiger partial charge >= 0.3 is 7.69 Å². The Balaban J connectivity index is 1.89. The molecule has 0 heterocycles. The molecule has 0 atom stereocenters. The average Bonchev–Trinajstić information content (AvgIpc) is 2.70. The topological polar surface area (TPSA) is 76.7 Å². The summed E-state index contributed by atoms with van der Waals surface area (Å²) in [6, 6.07) is 13.6. The van der Waals surface area contributed by atoms with Gasteiger partial charge in [0.2, 0.25) is 0 Å². The van der Waals surface area contributed by atoms with Gasteiger partial charge in [0.15, 0.2) is 0 Å². The lowest BCUT2D eigenvalue weighted by molar-refractivity contribution is 0.0945. The first-order chi connectivity index (χ1) is 13.1. The average molecular weight is 367 g/mol. The van der Waals surface area contributed by atoms with Crippen LogP contribution < -0.4 is 19.9 Å². The minimum Gasteiger partial charge on any atom is -0.526 e. The van der Waals surface area contributed by atoms with E-state index < -0.39 is 0 Å². The van der Waals surface area contributed by atoms with Crippen LogP contribution in [-0.2, 0) is 0 Å². The summed E-state index contributed by atoms with van der Waals surface area (Å²) in [5.41, 5.74) is 1.04. The predicted octanol–water partition coefficient (Wildman–Crippen LogP) is 2.96. The molecule has 2 N–H and O–H groups in total. The van der Waals surface area contributed by atoms with Gasteiger partial charge in [0.1, 0.15) is 11.5 Å². The Morgan fingerprint density at radius 1 is 0.815 bits per heavy atom. The lowest BCUT2D eigenvalue weighted by atomic mass is 10.2. The van der Waals surface area contributed by atoms with Gasteiger partial charge in [-0.3, -0.25) is 9.59 Å². The molecule has 7 heteroatoms. The molecule has 0 aliphatic rings. The second-order valence-corrected chi connectivity index (χ2v) is 5.90. The zero-order valence-electron chi connectivity index (χ0n) is 15.7. The van der Waals surface area contributed by atoms with E-state index in [1.54, 1.807) is 48.5 Å². The van der Waals surface area contributed by atoms with E-state index in [1.165, 1.54) is 7.69 Å². The first-order valence-corrected chi connectivity index (χ1v) is 9.05. The van der Waals surface area contributed by atoms with Crippen molar-refractivity contribution < 1.29 is 18.9 Å². The fraction of sp³-hybridized carbons (Fsp3) is 0.300. The van der Waals surface area contributed by atoms with Crippen molar-refractivity contribution in [3.63, 3.8) is 0 Å². The zero-order chi connectivity index (χ0) is 19.5. The summed E-state index contributed by atoms with van der Waals surface area (Å²) < 4.78 is 10.9. The van der Waals surface area contributed by atoms with E-state index in [1.807, 2.05) is 13.8 Å². The third-order valence-electron chi connectivity index (χ3n) is 3.63. The number of carbonyl (C=O) groups is 2. The molecule has 0 bridgehead atoms. The van der Waals surface area contributed by atoms with Gasteiger partial charge in [-0.15, -0.1) is 0 Å². The van der Waals surface area contributed by atoms with Crippen molar-refractivity contribution in [2.75, 3.05) is 13.1 Å². The maximum atomic E-state index is 12.0. The fourth-order valence-electron chi connectivity index (χ4n) is 2.24. The third kappa shape index (κ3) is 6.69. The molecule has 0 aromatic heterocycles. The van der Waals surface area contributed by atoms with Crippen LogP contribution in [0.4, 0.5) is 0 Å². The van der Waals surface area contributed by atoms with Crippen LogP contribution in [-0.4, -0.2) is 32.6 Å². The highest BCUT2D eigenvalue weighted by atomic mass is 16.6. The van der Waals surface area contributed by atoms with Gasteiger partial charge in [-0.25, -0.2) is 0 Å². The van der Waals surface area contributed by atoms with Gasteiger partial charge in [-0.2, -0.15) is 0 Å². The molecule has 0 saturated heterocycles. The Morgan fingerprint density at radius 2 is 1.26 bits per heavy atom. The number of nitrogens with one attached hydrogen (secondary N) is 2. The summed E-state index contributed by atoms with van der Waals surface area (Å²) in [5.74, 6) is 0.676. The number of hydrogen-bond acceptors (Lipinski definition) is 4. The highest BCUT2D eigenvalue weighted by Gasteiger charge is 2.09. The molecule has 0 aliphatic heterocycles. The van der Waals surface area contributed by atoms with E-state index >= 15 is 0 Å². The van der Waals surface area contributed by atoms with Crippen molar-refractivity contribution in [3.05, 3.63) is 59.7 Å². The lowest BCUT2D eigenvalue weighted by Gasteiger charge is -2.09. The normalized spacial score (nSPS) is 10.0. The van der Waals surface area contributed by atoms with Crippen LogP contribution in [0.3, 0.4) is 0 Å². The quantitative estimate of drug-likeness (QED) is 0.633. The molecular formula is C20H24BN2O4. The van der Waals surface area contributed by atoms with Crippen molar-refractivity contribution in [3.8, 4) is 11.5 Å². The number of hydrogen-bond donors (Lipinski definition) is 2. The maximum absolute atomic E-state index is 12.0. The van der Waals surface area contributed by atoms with Crippen molar-refractivity contribution in [2.45, 2.75) is 26.7 Å². The van der Waals surface area contributed by atoms with Crippen LogP contribution in [0.5, 0.6) is 11.5 Å². The van der Waals surface area contributed by atoms with Gasteiger partial charge in [0.25, 0.3) is 11.8 Å². The molecule has 0 aliphatic carbocycles. The summed E-state index contributed by atoms with van der Waals surface area (Å²) in [7, 11) is 1.17. The molecule has 2 amide bonds. The summed E-state index contributed by atoms with van der Waals surface area (Å²) in [4.78, 5) is 24.0. The summed E-state index contributed by atoms with van der Waals surface area (Å²) in [5, 5.41) is 5.63. The molecule has 2 rings (SSSR count). The van der Waals surface area contributed by atoms with Gasteiger partial charge < -0.3 is 19.9 Å². The van der Waals surface area contributed by atoms with Gasteiger partial charge in [-0.1, -0.05) is 26.0 Å². The van der Waals surface area contributed by atoms with Crippen molar-refractivity contribution in [1.82, 2.24) is 10.6 Å². The summed E-state index contributed by atoms with van der Waals surface area (Å²) in [6.07, 6.45) is 1.75. The van der Waals surface area contributed by atoms with Crippen LogP contribution in [0, 0.1) is 0 Å². The highest BCUT2D eigenvalue weighted by Crippen LogP contribution is 2.15. The molecule has 2 aromatic carbocycles. The van der Waals surface area contributed by atoms with E-state index in [2.05, 4.69) is 10.6 Å². The van der Waals surface area contributed by atoms with Crippen LogP contribution in [0.2, 0.25) is 0 Å². The van der Waals surface area contributed by atoms with Crippen LogP contribution in [0.15, 0.2) is 48.5 Å².